The largest absolute Gasteiger partial charge is 0.357 e. The van der Waals surface area contributed by atoms with Gasteiger partial charge in [0, 0.05) is 24.7 Å². The number of guanidine groups is 1. The van der Waals surface area contributed by atoms with E-state index in [0.29, 0.717) is 12.1 Å². The summed E-state index contributed by atoms with van der Waals surface area (Å²) in [5.74, 6) is 1.91. The first-order chi connectivity index (χ1) is 10.1. The highest BCUT2D eigenvalue weighted by Crippen LogP contribution is 2.27. The SMILES string of the molecule is CCNC(=NCC(C)N(C)C1CC1)NC1CCC(C)CC1.I. The molecule has 2 saturated carbocycles. The van der Waals surface area contributed by atoms with Crippen molar-refractivity contribution >= 4 is 29.9 Å². The second-order valence-electron chi connectivity index (χ2n) is 7.07. The zero-order valence-electron chi connectivity index (χ0n) is 14.8. The average Bonchev–Trinajstić information content (AvgIpc) is 3.31. The predicted octanol–water partition coefficient (Wildman–Crippen LogP) is 3.22. The van der Waals surface area contributed by atoms with Crippen LogP contribution >= 0.6 is 24.0 Å². The fourth-order valence-electron chi connectivity index (χ4n) is 3.11. The Labute approximate surface area is 153 Å². The van der Waals surface area contributed by atoms with Crippen LogP contribution < -0.4 is 10.6 Å². The van der Waals surface area contributed by atoms with E-state index in [1.54, 1.807) is 0 Å². The predicted molar refractivity (Wildman–Crippen MR) is 106 cm³/mol. The van der Waals surface area contributed by atoms with Crippen molar-refractivity contribution in [3.8, 4) is 0 Å². The number of aliphatic imine (C=N–C) groups is 1. The van der Waals surface area contributed by atoms with Gasteiger partial charge < -0.3 is 10.6 Å². The van der Waals surface area contributed by atoms with Crippen molar-refractivity contribution in [3.63, 3.8) is 0 Å². The maximum absolute atomic E-state index is 4.81. The van der Waals surface area contributed by atoms with Gasteiger partial charge in [-0.15, -0.1) is 24.0 Å². The first-order valence-corrected chi connectivity index (χ1v) is 8.87. The molecule has 0 amide bonds. The third-order valence-electron chi connectivity index (χ3n) is 5.03. The molecule has 0 heterocycles. The van der Waals surface area contributed by atoms with Crippen molar-refractivity contribution in [2.24, 2.45) is 10.9 Å². The lowest BCUT2D eigenvalue weighted by molar-refractivity contribution is 0.253. The van der Waals surface area contributed by atoms with Crippen LogP contribution in [0.5, 0.6) is 0 Å². The van der Waals surface area contributed by atoms with Gasteiger partial charge in [0.05, 0.1) is 6.54 Å². The fourth-order valence-corrected chi connectivity index (χ4v) is 3.11. The molecule has 0 aromatic rings. The Bertz CT molecular complexity index is 336. The van der Waals surface area contributed by atoms with Crippen molar-refractivity contribution < 1.29 is 0 Å². The summed E-state index contributed by atoms with van der Waals surface area (Å²) in [6, 6.07) is 1.94. The van der Waals surface area contributed by atoms with Gasteiger partial charge in [0.15, 0.2) is 5.96 Å². The summed E-state index contributed by atoms with van der Waals surface area (Å²) in [6.45, 7) is 8.60. The number of hydrogen-bond donors (Lipinski definition) is 2. The van der Waals surface area contributed by atoms with Gasteiger partial charge in [-0.3, -0.25) is 9.89 Å². The topological polar surface area (TPSA) is 39.7 Å². The Morgan fingerprint density at radius 3 is 2.36 bits per heavy atom. The van der Waals surface area contributed by atoms with Crippen LogP contribution in [0.25, 0.3) is 0 Å². The van der Waals surface area contributed by atoms with Crippen molar-refractivity contribution in [2.45, 2.75) is 77.4 Å². The first kappa shape index (κ1) is 20.0. The quantitative estimate of drug-likeness (QED) is 0.392. The lowest BCUT2D eigenvalue weighted by Crippen LogP contribution is -2.45. The van der Waals surface area contributed by atoms with Crippen LogP contribution in [-0.4, -0.2) is 49.1 Å². The lowest BCUT2D eigenvalue weighted by Gasteiger charge is -2.29. The Hall–Kier alpha value is -0.0400. The molecule has 2 fully saturated rings. The monoisotopic (exact) mass is 422 g/mol. The summed E-state index contributed by atoms with van der Waals surface area (Å²) in [7, 11) is 2.24. The third-order valence-corrected chi connectivity index (χ3v) is 5.03. The van der Waals surface area contributed by atoms with E-state index in [0.717, 1.165) is 31.0 Å². The van der Waals surface area contributed by atoms with Crippen molar-refractivity contribution in [1.29, 1.82) is 0 Å². The highest BCUT2D eigenvalue weighted by atomic mass is 127. The van der Waals surface area contributed by atoms with Gasteiger partial charge >= 0.3 is 0 Å². The van der Waals surface area contributed by atoms with Crippen LogP contribution in [0, 0.1) is 5.92 Å². The Kier molecular flexibility index (Phi) is 9.05. The van der Waals surface area contributed by atoms with Crippen molar-refractivity contribution in [1.82, 2.24) is 15.5 Å². The van der Waals surface area contributed by atoms with Gasteiger partial charge in [0.25, 0.3) is 0 Å². The number of nitrogens with one attached hydrogen (secondary N) is 2. The molecule has 0 radical (unpaired) electrons. The first-order valence-electron chi connectivity index (χ1n) is 8.87. The molecule has 2 aliphatic carbocycles. The number of nitrogens with zero attached hydrogens (tertiary/aromatic N) is 2. The molecule has 2 N–H and O–H groups in total. The van der Waals surface area contributed by atoms with E-state index in [9.17, 15) is 0 Å². The summed E-state index contributed by atoms with van der Waals surface area (Å²) in [5, 5.41) is 7.04. The van der Waals surface area contributed by atoms with Crippen molar-refractivity contribution in [3.05, 3.63) is 0 Å². The highest BCUT2D eigenvalue weighted by Gasteiger charge is 2.29. The molecule has 0 aliphatic heterocycles. The van der Waals surface area contributed by atoms with Crippen LogP contribution in [0.3, 0.4) is 0 Å². The Balaban J connectivity index is 0.00000242. The Morgan fingerprint density at radius 2 is 1.82 bits per heavy atom. The van der Waals surface area contributed by atoms with Gasteiger partial charge in [0.1, 0.15) is 0 Å². The molecule has 2 aliphatic rings. The van der Waals surface area contributed by atoms with Crippen LogP contribution in [-0.2, 0) is 0 Å². The zero-order chi connectivity index (χ0) is 15.2. The van der Waals surface area contributed by atoms with E-state index in [1.165, 1.54) is 38.5 Å². The maximum atomic E-state index is 4.81. The summed E-state index contributed by atoms with van der Waals surface area (Å²) in [4.78, 5) is 7.29. The fraction of sp³-hybridized carbons (Fsp3) is 0.941. The van der Waals surface area contributed by atoms with E-state index in [1.807, 2.05) is 0 Å². The third kappa shape index (κ3) is 6.60. The molecular formula is C17H35IN4. The summed E-state index contributed by atoms with van der Waals surface area (Å²) < 4.78 is 0. The number of rotatable bonds is 6. The van der Waals surface area contributed by atoms with Crippen LogP contribution in [0.2, 0.25) is 0 Å². The van der Waals surface area contributed by atoms with Crippen molar-refractivity contribution in [2.75, 3.05) is 20.1 Å². The number of hydrogen-bond acceptors (Lipinski definition) is 2. The minimum absolute atomic E-state index is 0. The van der Waals surface area contributed by atoms with Crippen LogP contribution in [0.15, 0.2) is 4.99 Å². The summed E-state index contributed by atoms with van der Waals surface area (Å²) in [5.41, 5.74) is 0. The van der Waals surface area contributed by atoms with E-state index in [2.05, 4.69) is 43.4 Å². The number of halogens is 1. The van der Waals surface area contributed by atoms with Gasteiger partial charge in [-0.1, -0.05) is 6.92 Å². The standard InChI is InChI=1S/C17H34N4.HI/c1-5-18-17(20-15-8-6-13(2)7-9-15)19-12-14(3)21(4)16-10-11-16;/h13-16H,5-12H2,1-4H3,(H2,18,19,20);1H. The van der Waals surface area contributed by atoms with Gasteiger partial charge in [-0.05, 0) is 65.3 Å². The average molecular weight is 422 g/mol. The molecule has 130 valence electrons. The van der Waals surface area contributed by atoms with Gasteiger partial charge in [0.2, 0.25) is 0 Å². The lowest BCUT2D eigenvalue weighted by atomic mass is 9.87. The molecule has 1 unspecified atom stereocenters. The van der Waals surface area contributed by atoms with E-state index < -0.39 is 0 Å². The minimum atomic E-state index is 0. The second kappa shape index (κ2) is 9.96. The zero-order valence-corrected chi connectivity index (χ0v) is 17.1. The molecule has 2 rings (SSSR count). The summed E-state index contributed by atoms with van der Waals surface area (Å²) >= 11 is 0. The second-order valence-corrected chi connectivity index (χ2v) is 7.07. The molecule has 22 heavy (non-hydrogen) atoms. The highest BCUT2D eigenvalue weighted by molar-refractivity contribution is 14.0. The molecular weight excluding hydrogens is 387 g/mol. The molecule has 4 nitrogen and oxygen atoms in total. The van der Waals surface area contributed by atoms with Crippen LogP contribution in [0.4, 0.5) is 0 Å². The Morgan fingerprint density at radius 1 is 1.18 bits per heavy atom. The van der Waals surface area contributed by atoms with Crippen LogP contribution in [0.1, 0.15) is 59.3 Å². The van der Waals surface area contributed by atoms with E-state index >= 15 is 0 Å². The normalized spacial score (nSPS) is 27.2. The van der Waals surface area contributed by atoms with E-state index in [4.69, 9.17) is 4.99 Å². The smallest absolute Gasteiger partial charge is 0.191 e. The molecule has 0 bridgehead atoms. The molecule has 0 aromatic heterocycles. The summed E-state index contributed by atoms with van der Waals surface area (Å²) in [6.07, 6.45) is 7.98. The molecule has 0 saturated heterocycles. The van der Waals surface area contributed by atoms with Gasteiger partial charge in [-0.25, -0.2) is 0 Å². The molecule has 0 aromatic carbocycles. The molecule has 0 spiro atoms. The molecule has 5 heteroatoms. The van der Waals surface area contributed by atoms with E-state index in [-0.39, 0.29) is 24.0 Å². The van der Waals surface area contributed by atoms with Gasteiger partial charge in [-0.2, -0.15) is 0 Å². The minimum Gasteiger partial charge on any atom is -0.357 e. The maximum Gasteiger partial charge on any atom is 0.191 e. The molecule has 1 atom stereocenters. The number of likely N-dealkylation sites (N-methyl/N-ethyl adjacent to an activating group) is 1.